The van der Waals surface area contributed by atoms with Crippen LogP contribution in [0.3, 0.4) is 0 Å². The van der Waals surface area contributed by atoms with E-state index in [1.807, 2.05) is 13.0 Å². The van der Waals surface area contributed by atoms with E-state index in [-0.39, 0.29) is 12.2 Å². The number of halogens is 1. The molecule has 1 N–H and O–H groups in total. The predicted molar refractivity (Wildman–Crippen MR) is 107 cm³/mol. The van der Waals surface area contributed by atoms with Crippen LogP contribution in [0.15, 0.2) is 58.1 Å². The lowest BCUT2D eigenvalue weighted by atomic mass is 10.2. The quantitative estimate of drug-likeness (QED) is 0.713. The highest BCUT2D eigenvalue weighted by molar-refractivity contribution is 6.30. The van der Waals surface area contributed by atoms with Gasteiger partial charge in [-0.2, -0.15) is 9.78 Å². The van der Waals surface area contributed by atoms with Gasteiger partial charge in [0.25, 0.3) is 11.5 Å². The van der Waals surface area contributed by atoms with Crippen LogP contribution in [0.5, 0.6) is 0 Å². The molecule has 0 unspecified atom stereocenters. The maximum Gasteiger partial charge on any atom is 0.352 e. The molecule has 0 atom stereocenters. The lowest BCUT2D eigenvalue weighted by Crippen LogP contribution is -2.46. The summed E-state index contributed by atoms with van der Waals surface area (Å²) in [6.45, 7) is 3.91. The van der Waals surface area contributed by atoms with Crippen LogP contribution in [0, 0.1) is 6.92 Å². The summed E-state index contributed by atoms with van der Waals surface area (Å²) in [5.74, 6) is -0.631. The second kappa shape index (κ2) is 8.22. The highest BCUT2D eigenvalue weighted by atomic mass is 35.5. The van der Waals surface area contributed by atoms with Crippen molar-refractivity contribution < 1.29 is 4.79 Å². The van der Waals surface area contributed by atoms with E-state index in [9.17, 15) is 14.4 Å². The lowest BCUT2D eigenvalue weighted by Gasteiger charge is -2.12. The third-order valence-corrected chi connectivity index (χ3v) is 4.32. The molecule has 0 radical (unpaired) electrons. The normalized spacial score (nSPS) is 10.7. The Bertz CT molecular complexity index is 1150. The molecule has 8 heteroatoms. The highest BCUT2D eigenvalue weighted by Crippen LogP contribution is 2.11. The number of rotatable bonds is 5. The minimum absolute atomic E-state index is 0.0288. The number of amides is 1. The number of nitrogens with one attached hydrogen (secondary N) is 1. The third-order valence-electron chi connectivity index (χ3n) is 4.09. The van der Waals surface area contributed by atoms with Gasteiger partial charge >= 0.3 is 5.69 Å². The van der Waals surface area contributed by atoms with E-state index in [4.69, 9.17) is 11.6 Å². The molecule has 144 valence electrons. The maximum atomic E-state index is 13.0. The number of benzene rings is 2. The summed E-state index contributed by atoms with van der Waals surface area (Å²) in [5.41, 5.74) is 0.317. The van der Waals surface area contributed by atoms with Crippen LogP contribution in [0.25, 0.3) is 5.69 Å². The summed E-state index contributed by atoms with van der Waals surface area (Å²) in [6.07, 6.45) is 0. The zero-order chi connectivity index (χ0) is 20.3. The summed E-state index contributed by atoms with van der Waals surface area (Å²) < 4.78 is 2.06. The molecule has 0 bridgehead atoms. The minimum Gasteiger partial charge on any atom is -0.351 e. The van der Waals surface area contributed by atoms with E-state index in [1.165, 1.54) is 0 Å². The Balaban J connectivity index is 2.23. The molecule has 1 heterocycles. The fourth-order valence-electron chi connectivity index (χ4n) is 2.79. The highest BCUT2D eigenvalue weighted by Gasteiger charge is 2.20. The van der Waals surface area contributed by atoms with Crippen molar-refractivity contribution in [1.82, 2.24) is 19.7 Å². The van der Waals surface area contributed by atoms with Gasteiger partial charge in [0.1, 0.15) is 0 Å². The molecule has 2 aromatic carbocycles. The van der Waals surface area contributed by atoms with E-state index in [2.05, 4.69) is 10.4 Å². The first-order valence-electron chi connectivity index (χ1n) is 8.74. The summed E-state index contributed by atoms with van der Waals surface area (Å²) in [4.78, 5) is 38.2. The average molecular weight is 399 g/mol. The van der Waals surface area contributed by atoms with Crippen LogP contribution in [0.1, 0.15) is 28.5 Å². The van der Waals surface area contributed by atoms with Crippen LogP contribution in [-0.2, 0) is 6.54 Å². The zero-order valence-electron chi connectivity index (χ0n) is 15.5. The molecule has 3 rings (SSSR count). The Morgan fingerprint density at radius 2 is 1.89 bits per heavy atom. The SMILES string of the molecule is CCNC(=O)c1nn(-c2cccc(C)c2)c(=O)n(Cc2cccc(Cl)c2)c1=O. The average Bonchev–Trinajstić information content (AvgIpc) is 2.65. The van der Waals surface area contributed by atoms with Gasteiger partial charge in [-0.25, -0.2) is 4.79 Å². The summed E-state index contributed by atoms with van der Waals surface area (Å²) in [7, 11) is 0. The number of hydrogen-bond acceptors (Lipinski definition) is 4. The van der Waals surface area contributed by atoms with E-state index in [0.717, 1.165) is 14.8 Å². The molecule has 3 aromatic rings. The number of hydrogen-bond donors (Lipinski definition) is 1. The van der Waals surface area contributed by atoms with Crippen LogP contribution in [0.2, 0.25) is 5.02 Å². The van der Waals surface area contributed by atoms with E-state index >= 15 is 0 Å². The first-order chi connectivity index (χ1) is 13.4. The van der Waals surface area contributed by atoms with Gasteiger partial charge in [0.15, 0.2) is 0 Å². The topological polar surface area (TPSA) is 86.0 Å². The Labute approximate surface area is 166 Å². The first kappa shape index (κ1) is 19.6. The standard InChI is InChI=1S/C20H19ClN4O3/c1-3-22-18(26)17-19(27)24(12-14-7-5-8-15(21)11-14)20(28)25(23-17)16-9-4-6-13(2)10-16/h4-11H,3,12H2,1-2H3,(H,22,26). The van der Waals surface area contributed by atoms with Crippen molar-refractivity contribution in [3.8, 4) is 5.69 Å². The second-order valence-corrected chi connectivity index (χ2v) is 6.70. The zero-order valence-corrected chi connectivity index (χ0v) is 16.2. The summed E-state index contributed by atoms with van der Waals surface area (Å²) in [5, 5.41) is 7.10. The Kier molecular flexibility index (Phi) is 5.75. The molecule has 0 aliphatic rings. The molecule has 1 aromatic heterocycles. The van der Waals surface area contributed by atoms with Crippen molar-refractivity contribution >= 4 is 17.5 Å². The fraction of sp³-hybridized carbons (Fsp3) is 0.200. The molecule has 7 nitrogen and oxygen atoms in total. The number of aromatic nitrogens is 3. The number of carbonyl (C=O) groups excluding carboxylic acids is 1. The van der Waals surface area contributed by atoms with E-state index < -0.39 is 17.2 Å². The Morgan fingerprint density at radius 3 is 2.57 bits per heavy atom. The van der Waals surface area contributed by atoms with Gasteiger partial charge in [0, 0.05) is 11.6 Å². The van der Waals surface area contributed by atoms with Crippen molar-refractivity contribution in [2.45, 2.75) is 20.4 Å². The minimum atomic E-state index is -0.750. The van der Waals surface area contributed by atoms with Crippen LogP contribution in [-0.4, -0.2) is 26.8 Å². The van der Waals surface area contributed by atoms with Gasteiger partial charge < -0.3 is 5.32 Å². The maximum absolute atomic E-state index is 13.0. The molecule has 1 amide bonds. The Morgan fingerprint density at radius 1 is 1.14 bits per heavy atom. The van der Waals surface area contributed by atoms with Gasteiger partial charge in [-0.05, 0) is 49.2 Å². The largest absolute Gasteiger partial charge is 0.352 e. The molecule has 0 saturated heterocycles. The molecule has 0 aliphatic carbocycles. The summed E-state index contributed by atoms with van der Waals surface area (Å²) in [6, 6.07) is 13.9. The van der Waals surface area contributed by atoms with Gasteiger partial charge in [-0.1, -0.05) is 35.9 Å². The van der Waals surface area contributed by atoms with Crippen molar-refractivity contribution in [2.24, 2.45) is 0 Å². The Hall–Kier alpha value is -3.19. The smallest absolute Gasteiger partial charge is 0.351 e. The summed E-state index contributed by atoms with van der Waals surface area (Å²) >= 11 is 6.01. The van der Waals surface area contributed by atoms with E-state index in [0.29, 0.717) is 22.8 Å². The predicted octanol–water partition coefficient (Wildman–Crippen LogP) is 2.15. The number of carbonyl (C=O) groups is 1. The number of aryl methyl sites for hydroxylation is 1. The van der Waals surface area contributed by atoms with E-state index in [1.54, 1.807) is 49.4 Å². The van der Waals surface area contributed by atoms with Gasteiger partial charge in [0.05, 0.1) is 12.2 Å². The third kappa shape index (κ3) is 4.04. The van der Waals surface area contributed by atoms with Crippen molar-refractivity contribution in [3.63, 3.8) is 0 Å². The van der Waals surface area contributed by atoms with Crippen LogP contribution in [0.4, 0.5) is 0 Å². The van der Waals surface area contributed by atoms with Crippen molar-refractivity contribution in [1.29, 1.82) is 0 Å². The number of nitrogens with zero attached hydrogens (tertiary/aromatic N) is 3. The van der Waals surface area contributed by atoms with Crippen molar-refractivity contribution in [3.05, 3.63) is 91.2 Å². The van der Waals surface area contributed by atoms with Crippen molar-refractivity contribution in [2.75, 3.05) is 6.54 Å². The monoisotopic (exact) mass is 398 g/mol. The van der Waals surface area contributed by atoms with Gasteiger partial charge in [-0.15, -0.1) is 0 Å². The molecule has 0 fully saturated rings. The molecular formula is C20H19ClN4O3. The van der Waals surface area contributed by atoms with Gasteiger partial charge in [-0.3, -0.25) is 14.2 Å². The first-order valence-corrected chi connectivity index (χ1v) is 9.12. The molecule has 28 heavy (non-hydrogen) atoms. The van der Waals surface area contributed by atoms with Crippen LogP contribution >= 0.6 is 11.6 Å². The fourth-order valence-corrected chi connectivity index (χ4v) is 3.00. The second-order valence-electron chi connectivity index (χ2n) is 6.26. The van der Waals surface area contributed by atoms with Crippen LogP contribution < -0.4 is 16.6 Å². The molecule has 0 spiro atoms. The molecule has 0 aliphatic heterocycles. The van der Waals surface area contributed by atoms with Gasteiger partial charge in [0.2, 0.25) is 5.69 Å². The molecule has 0 saturated carbocycles. The molecular weight excluding hydrogens is 380 g/mol. The lowest BCUT2D eigenvalue weighted by molar-refractivity contribution is 0.0946.